The van der Waals surface area contributed by atoms with Crippen LogP contribution < -0.4 is 15.9 Å². The Morgan fingerprint density at radius 1 is 0.588 bits per heavy atom. The molecule has 0 spiro atoms. The summed E-state index contributed by atoms with van der Waals surface area (Å²) in [5.41, 5.74) is 4.07. The molecule has 0 aliphatic carbocycles. The number of nitrogens with zero attached hydrogens (tertiary/aromatic N) is 2. The highest BCUT2D eigenvalue weighted by atomic mass is 32.1. The van der Waals surface area contributed by atoms with E-state index >= 15 is 0 Å². The zero-order valence-electron chi connectivity index (χ0n) is 28.4. The third-order valence-electron chi connectivity index (χ3n) is 8.71. The molecule has 1 aliphatic rings. The molecule has 0 N–H and O–H groups in total. The minimum atomic E-state index is -0.886. The van der Waals surface area contributed by atoms with E-state index in [1.165, 1.54) is 21.5 Å². The molecule has 1 atom stereocenters. The molecule has 6 heteroatoms. The van der Waals surface area contributed by atoms with Crippen molar-refractivity contribution in [2.75, 3.05) is 6.54 Å². The van der Waals surface area contributed by atoms with E-state index in [4.69, 9.17) is 4.99 Å². The average Bonchev–Trinajstić information content (AvgIpc) is 3.62. The standard InChI is InChI=1S/C38H29N2OP.C7H8.2H2S/c41-38(31-25-24-28-14-10-11-17-30(28)26-31)40-35(29-15-4-1-5-16-29)27-39-37(40)34-22-12-13-23-36(34)42(32-18-6-2-7-19-32)33-20-8-3-9-21-33;1-7-5-3-2-4-6-7;;/h1-26,35H,27H2;2-6H,1H3;2*1H2/t35-;;;/m1.../s1. The number of rotatable bonds is 6. The van der Waals surface area contributed by atoms with Gasteiger partial charge in [0.1, 0.15) is 5.84 Å². The van der Waals surface area contributed by atoms with Crippen molar-refractivity contribution in [3.05, 3.63) is 210 Å². The molecule has 1 amide bonds. The van der Waals surface area contributed by atoms with E-state index in [9.17, 15) is 4.79 Å². The van der Waals surface area contributed by atoms with Crippen molar-refractivity contribution in [3.63, 3.8) is 0 Å². The number of hydrogen-bond acceptors (Lipinski definition) is 2. The highest BCUT2D eigenvalue weighted by Crippen LogP contribution is 2.37. The number of fused-ring (bicyclic) bond motifs is 1. The van der Waals surface area contributed by atoms with Crippen LogP contribution in [0.4, 0.5) is 0 Å². The Bertz CT molecular complexity index is 2160. The molecule has 8 rings (SSSR count). The van der Waals surface area contributed by atoms with Crippen LogP contribution in [-0.2, 0) is 0 Å². The van der Waals surface area contributed by atoms with Gasteiger partial charge in [-0.15, -0.1) is 0 Å². The van der Waals surface area contributed by atoms with Gasteiger partial charge in [0.2, 0.25) is 0 Å². The molecule has 0 unspecified atom stereocenters. The van der Waals surface area contributed by atoms with Crippen molar-refractivity contribution >= 4 is 73.3 Å². The van der Waals surface area contributed by atoms with Gasteiger partial charge in [-0.25, -0.2) is 0 Å². The lowest BCUT2D eigenvalue weighted by Gasteiger charge is -2.29. The highest BCUT2D eigenvalue weighted by molar-refractivity contribution is 7.80. The van der Waals surface area contributed by atoms with Gasteiger partial charge in [-0.1, -0.05) is 181 Å². The Balaban J connectivity index is 0.000000503. The zero-order valence-corrected chi connectivity index (χ0v) is 31.3. The summed E-state index contributed by atoms with van der Waals surface area (Å²) in [5.74, 6) is 0.696. The maximum atomic E-state index is 14.5. The zero-order chi connectivity index (χ0) is 33.4. The number of carbonyl (C=O) groups is 1. The topological polar surface area (TPSA) is 32.7 Å². The molecule has 7 aromatic rings. The molecular formula is C45H41N2OPS2. The second kappa shape index (κ2) is 17.8. The van der Waals surface area contributed by atoms with Crippen LogP contribution in [0.3, 0.4) is 0 Å². The second-order valence-corrected chi connectivity index (χ2v) is 14.2. The summed E-state index contributed by atoms with van der Waals surface area (Å²) < 4.78 is 0. The Labute approximate surface area is 316 Å². The summed E-state index contributed by atoms with van der Waals surface area (Å²) in [6.45, 7) is 2.60. The largest absolute Gasteiger partial charge is 0.283 e. The van der Waals surface area contributed by atoms with Crippen LogP contribution in [-0.4, -0.2) is 23.2 Å². The molecule has 0 radical (unpaired) electrons. The molecule has 254 valence electrons. The van der Waals surface area contributed by atoms with E-state index in [-0.39, 0.29) is 38.9 Å². The van der Waals surface area contributed by atoms with Gasteiger partial charge in [0, 0.05) is 11.1 Å². The first-order chi connectivity index (χ1) is 24.2. The summed E-state index contributed by atoms with van der Waals surface area (Å²) in [6.07, 6.45) is 0. The van der Waals surface area contributed by atoms with Gasteiger partial charge in [-0.3, -0.25) is 14.7 Å². The smallest absolute Gasteiger partial charge is 0.260 e. The molecule has 0 saturated heterocycles. The van der Waals surface area contributed by atoms with Crippen LogP contribution in [0.25, 0.3) is 10.8 Å². The lowest BCUT2D eigenvalue weighted by atomic mass is 10.0. The summed E-state index contributed by atoms with van der Waals surface area (Å²) in [5, 5.41) is 5.88. The lowest BCUT2D eigenvalue weighted by Crippen LogP contribution is -2.39. The van der Waals surface area contributed by atoms with E-state index in [1.807, 2.05) is 71.6 Å². The molecule has 1 aliphatic heterocycles. The molecule has 0 aromatic heterocycles. The monoisotopic (exact) mass is 720 g/mol. The summed E-state index contributed by atoms with van der Waals surface area (Å²) >= 11 is 0. The fourth-order valence-electron chi connectivity index (χ4n) is 6.30. The van der Waals surface area contributed by atoms with Gasteiger partial charge in [0.05, 0.1) is 12.6 Å². The van der Waals surface area contributed by atoms with Crippen molar-refractivity contribution in [2.24, 2.45) is 4.99 Å². The number of aliphatic imine (C=N–C) groups is 1. The van der Waals surface area contributed by atoms with Gasteiger partial charge >= 0.3 is 0 Å². The summed E-state index contributed by atoms with van der Waals surface area (Å²) in [7, 11) is -0.886. The van der Waals surface area contributed by atoms with Crippen LogP contribution in [0.15, 0.2) is 193 Å². The molecule has 0 fully saturated rings. The number of benzene rings is 7. The fraction of sp³-hybridized carbons (Fsp3) is 0.0667. The van der Waals surface area contributed by atoms with Crippen LogP contribution in [0.5, 0.6) is 0 Å². The molecule has 7 aromatic carbocycles. The average molecular weight is 721 g/mol. The van der Waals surface area contributed by atoms with Crippen LogP contribution in [0.1, 0.15) is 33.1 Å². The van der Waals surface area contributed by atoms with E-state index in [2.05, 4.69) is 128 Å². The van der Waals surface area contributed by atoms with E-state index in [0.29, 0.717) is 12.1 Å². The third kappa shape index (κ3) is 8.52. The molecular weight excluding hydrogens is 680 g/mol. The van der Waals surface area contributed by atoms with Crippen molar-refractivity contribution in [1.29, 1.82) is 0 Å². The first-order valence-corrected chi connectivity index (χ1v) is 17.9. The van der Waals surface area contributed by atoms with Gasteiger partial charge in [0.15, 0.2) is 0 Å². The van der Waals surface area contributed by atoms with Gasteiger partial charge in [-0.2, -0.15) is 27.0 Å². The SMILES string of the molecule is Cc1ccccc1.O=C(c1ccc2ccccc2c1)N1C(c2ccccc2P(c2ccccc2)c2ccccc2)=NC[C@@H]1c1ccccc1.S.S. The van der Waals surface area contributed by atoms with Crippen molar-refractivity contribution in [2.45, 2.75) is 13.0 Å². The maximum Gasteiger partial charge on any atom is 0.260 e. The van der Waals surface area contributed by atoms with E-state index in [1.54, 1.807) is 0 Å². The van der Waals surface area contributed by atoms with E-state index in [0.717, 1.165) is 27.7 Å². The Hall–Kier alpha value is -4.93. The van der Waals surface area contributed by atoms with Crippen LogP contribution in [0, 0.1) is 6.92 Å². The van der Waals surface area contributed by atoms with Gasteiger partial charge < -0.3 is 0 Å². The minimum absolute atomic E-state index is 0. The van der Waals surface area contributed by atoms with Gasteiger partial charge in [0.25, 0.3) is 5.91 Å². The van der Waals surface area contributed by atoms with E-state index < -0.39 is 7.92 Å². The number of aryl methyl sites for hydroxylation is 1. The van der Waals surface area contributed by atoms with Gasteiger partial charge in [-0.05, 0) is 59.2 Å². The highest BCUT2D eigenvalue weighted by Gasteiger charge is 2.37. The quantitative estimate of drug-likeness (QED) is 0.158. The summed E-state index contributed by atoms with van der Waals surface area (Å²) in [4.78, 5) is 21.6. The molecule has 0 saturated carbocycles. The van der Waals surface area contributed by atoms with Crippen molar-refractivity contribution in [1.82, 2.24) is 4.90 Å². The number of amides is 1. The Morgan fingerprint density at radius 3 is 1.69 bits per heavy atom. The molecule has 51 heavy (non-hydrogen) atoms. The molecule has 3 nitrogen and oxygen atoms in total. The number of hydrogen-bond donors (Lipinski definition) is 0. The lowest BCUT2D eigenvalue weighted by molar-refractivity contribution is 0.0818. The maximum absolute atomic E-state index is 14.5. The van der Waals surface area contributed by atoms with Crippen LogP contribution >= 0.6 is 34.9 Å². The molecule has 0 bridgehead atoms. The Kier molecular flexibility index (Phi) is 13.0. The van der Waals surface area contributed by atoms with Crippen LogP contribution in [0.2, 0.25) is 0 Å². The second-order valence-electron chi connectivity index (χ2n) is 12.0. The Morgan fingerprint density at radius 2 is 1.10 bits per heavy atom. The first kappa shape index (κ1) is 37.3. The minimum Gasteiger partial charge on any atom is -0.283 e. The normalized spacial score (nSPS) is 13.3. The predicted octanol–water partition coefficient (Wildman–Crippen LogP) is 9.46. The predicted molar refractivity (Wildman–Crippen MR) is 228 cm³/mol. The first-order valence-electron chi connectivity index (χ1n) is 16.6. The number of amidine groups is 1. The third-order valence-corrected chi connectivity index (χ3v) is 11.2. The number of carbonyl (C=O) groups excluding carboxylic acids is 1. The van der Waals surface area contributed by atoms with Crippen molar-refractivity contribution in [3.8, 4) is 0 Å². The van der Waals surface area contributed by atoms with Crippen molar-refractivity contribution < 1.29 is 4.79 Å². The fourth-order valence-corrected chi connectivity index (χ4v) is 8.74. The summed E-state index contributed by atoms with van der Waals surface area (Å²) in [6, 6.07) is 64.3. The molecule has 1 heterocycles.